The van der Waals surface area contributed by atoms with Crippen molar-refractivity contribution >= 4 is 28.3 Å². The Morgan fingerprint density at radius 3 is 2.88 bits per heavy atom. The van der Waals surface area contributed by atoms with Gasteiger partial charge in [-0.1, -0.05) is 19.1 Å². The molecule has 0 spiro atoms. The van der Waals surface area contributed by atoms with Crippen LogP contribution in [0.25, 0.3) is 0 Å². The van der Waals surface area contributed by atoms with Gasteiger partial charge < -0.3 is 0 Å². The molecule has 2 amide bonds. The Bertz CT molecular complexity index is 495. The number of aromatic nitrogens is 1. The highest BCUT2D eigenvalue weighted by Crippen LogP contribution is 2.40. The molecule has 0 aromatic carbocycles. The number of carbonyl (C=O) groups excluding carboxylic acids is 2. The average molecular weight is 248 g/mol. The fourth-order valence-electron chi connectivity index (χ4n) is 2.66. The third-order valence-electron chi connectivity index (χ3n) is 3.48. The van der Waals surface area contributed by atoms with Crippen LogP contribution in [0.3, 0.4) is 0 Å². The standard InChI is InChI=1S/C12H12N2O2S/c1-7-3-2-4-8-9(7)11(16)14(10(8)15)12-13-5-6-17-12/h2-3,5-9H,4H2,1H3/t7-,8+,9+/m1/s1. The number of amides is 2. The second kappa shape index (κ2) is 3.77. The van der Waals surface area contributed by atoms with Crippen molar-refractivity contribution in [3.63, 3.8) is 0 Å². The first-order chi connectivity index (χ1) is 8.20. The quantitative estimate of drug-likeness (QED) is 0.563. The van der Waals surface area contributed by atoms with E-state index in [1.54, 1.807) is 11.6 Å². The maximum absolute atomic E-state index is 12.3. The van der Waals surface area contributed by atoms with Crippen molar-refractivity contribution in [3.8, 4) is 0 Å². The van der Waals surface area contributed by atoms with Crippen LogP contribution in [0.2, 0.25) is 0 Å². The predicted molar refractivity (Wildman–Crippen MR) is 64.5 cm³/mol. The van der Waals surface area contributed by atoms with Gasteiger partial charge in [0.25, 0.3) is 0 Å². The first-order valence-corrected chi connectivity index (χ1v) is 6.52. The lowest BCUT2D eigenvalue weighted by Crippen LogP contribution is -2.31. The van der Waals surface area contributed by atoms with Crippen LogP contribution in [-0.4, -0.2) is 16.8 Å². The van der Waals surface area contributed by atoms with E-state index in [-0.39, 0.29) is 29.6 Å². The lowest BCUT2D eigenvalue weighted by Gasteiger charge is -2.22. The third-order valence-corrected chi connectivity index (χ3v) is 4.24. The van der Waals surface area contributed by atoms with Crippen LogP contribution in [0.15, 0.2) is 23.7 Å². The molecule has 2 aliphatic rings. The Morgan fingerprint density at radius 2 is 2.24 bits per heavy atom. The number of thiazole rings is 1. The summed E-state index contributed by atoms with van der Waals surface area (Å²) in [6, 6.07) is 0. The molecule has 1 aliphatic carbocycles. The molecule has 1 aliphatic heterocycles. The molecule has 1 saturated heterocycles. The summed E-state index contributed by atoms with van der Waals surface area (Å²) in [6.07, 6.45) is 6.31. The van der Waals surface area contributed by atoms with E-state index in [0.717, 1.165) is 0 Å². The number of anilines is 1. The van der Waals surface area contributed by atoms with Gasteiger partial charge in [-0.15, -0.1) is 11.3 Å². The summed E-state index contributed by atoms with van der Waals surface area (Å²) in [7, 11) is 0. The Balaban J connectivity index is 2.00. The lowest BCUT2D eigenvalue weighted by molar-refractivity contribution is -0.122. The van der Waals surface area contributed by atoms with Gasteiger partial charge in [-0.3, -0.25) is 9.59 Å². The van der Waals surface area contributed by atoms with Gasteiger partial charge in [0.15, 0.2) is 5.13 Å². The highest BCUT2D eigenvalue weighted by molar-refractivity contribution is 7.14. The number of imide groups is 1. The summed E-state index contributed by atoms with van der Waals surface area (Å²) in [5.41, 5.74) is 0. The minimum atomic E-state index is -0.198. The van der Waals surface area contributed by atoms with Gasteiger partial charge in [0.1, 0.15) is 0 Å². The Labute approximate surface area is 103 Å². The van der Waals surface area contributed by atoms with Crippen LogP contribution in [0.4, 0.5) is 5.13 Å². The van der Waals surface area contributed by atoms with E-state index >= 15 is 0 Å². The molecule has 88 valence electrons. The number of rotatable bonds is 1. The maximum Gasteiger partial charge on any atom is 0.240 e. The molecule has 0 unspecified atom stereocenters. The number of hydrogen-bond donors (Lipinski definition) is 0. The van der Waals surface area contributed by atoms with Gasteiger partial charge in [0, 0.05) is 11.6 Å². The maximum atomic E-state index is 12.3. The van der Waals surface area contributed by atoms with E-state index in [4.69, 9.17) is 0 Å². The Kier molecular flexibility index (Phi) is 2.36. The van der Waals surface area contributed by atoms with Gasteiger partial charge in [-0.2, -0.15) is 0 Å². The smallest absolute Gasteiger partial charge is 0.240 e. The monoisotopic (exact) mass is 248 g/mol. The molecule has 1 fully saturated rings. The number of carbonyl (C=O) groups is 2. The SMILES string of the molecule is C[C@@H]1C=CC[C@@H]2C(=O)N(c3nccs3)C(=O)[C@@H]12. The van der Waals surface area contributed by atoms with E-state index in [0.29, 0.717) is 11.6 Å². The van der Waals surface area contributed by atoms with Crippen molar-refractivity contribution in [2.75, 3.05) is 4.90 Å². The van der Waals surface area contributed by atoms with E-state index < -0.39 is 0 Å². The fraction of sp³-hybridized carbons (Fsp3) is 0.417. The molecule has 0 N–H and O–H groups in total. The Morgan fingerprint density at radius 1 is 1.41 bits per heavy atom. The zero-order valence-corrected chi connectivity index (χ0v) is 10.2. The predicted octanol–water partition coefficient (Wildman–Crippen LogP) is 1.84. The molecule has 5 heteroatoms. The van der Waals surface area contributed by atoms with Gasteiger partial charge in [-0.05, 0) is 12.3 Å². The number of allylic oxidation sites excluding steroid dienone is 2. The number of nitrogens with zero attached hydrogens (tertiary/aromatic N) is 2. The minimum Gasteiger partial charge on any atom is -0.274 e. The van der Waals surface area contributed by atoms with Crippen LogP contribution >= 0.6 is 11.3 Å². The summed E-state index contributed by atoms with van der Waals surface area (Å²) < 4.78 is 0. The highest BCUT2D eigenvalue weighted by atomic mass is 32.1. The molecule has 17 heavy (non-hydrogen) atoms. The fourth-order valence-corrected chi connectivity index (χ4v) is 3.31. The molecule has 3 atom stereocenters. The normalized spacial score (nSPS) is 32.1. The molecule has 4 nitrogen and oxygen atoms in total. The molecule has 0 saturated carbocycles. The zero-order chi connectivity index (χ0) is 12.0. The summed E-state index contributed by atoms with van der Waals surface area (Å²) in [5, 5.41) is 2.28. The van der Waals surface area contributed by atoms with Gasteiger partial charge in [-0.25, -0.2) is 9.88 Å². The molecule has 1 aromatic heterocycles. The van der Waals surface area contributed by atoms with Crippen LogP contribution in [0.5, 0.6) is 0 Å². The van der Waals surface area contributed by atoms with Crippen molar-refractivity contribution in [2.24, 2.45) is 17.8 Å². The summed E-state index contributed by atoms with van der Waals surface area (Å²) in [4.78, 5) is 29.9. The summed E-state index contributed by atoms with van der Waals surface area (Å²) in [5.74, 6) is -0.434. The molecule has 2 heterocycles. The van der Waals surface area contributed by atoms with E-state index in [2.05, 4.69) is 4.98 Å². The van der Waals surface area contributed by atoms with Crippen molar-refractivity contribution in [3.05, 3.63) is 23.7 Å². The van der Waals surface area contributed by atoms with Gasteiger partial charge in [0.2, 0.25) is 11.8 Å². The average Bonchev–Trinajstić information content (AvgIpc) is 2.88. The summed E-state index contributed by atoms with van der Waals surface area (Å²) >= 11 is 1.33. The first kappa shape index (κ1) is 10.7. The van der Waals surface area contributed by atoms with Crippen LogP contribution in [0.1, 0.15) is 13.3 Å². The van der Waals surface area contributed by atoms with E-state index in [9.17, 15) is 9.59 Å². The molecule has 0 radical (unpaired) electrons. The van der Waals surface area contributed by atoms with Crippen molar-refractivity contribution in [1.29, 1.82) is 0 Å². The van der Waals surface area contributed by atoms with Crippen LogP contribution < -0.4 is 4.90 Å². The first-order valence-electron chi connectivity index (χ1n) is 5.64. The second-order valence-corrected chi connectivity index (χ2v) is 5.35. The number of fused-ring (bicyclic) bond motifs is 1. The second-order valence-electron chi connectivity index (χ2n) is 4.48. The largest absolute Gasteiger partial charge is 0.274 e. The highest BCUT2D eigenvalue weighted by Gasteiger charge is 2.51. The number of hydrogen-bond acceptors (Lipinski definition) is 4. The van der Waals surface area contributed by atoms with Crippen molar-refractivity contribution in [1.82, 2.24) is 4.98 Å². The molecular weight excluding hydrogens is 236 g/mol. The summed E-state index contributed by atoms with van der Waals surface area (Å²) in [6.45, 7) is 1.99. The van der Waals surface area contributed by atoms with E-state index in [1.807, 2.05) is 19.1 Å². The molecule has 1 aromatic rings. The van der Waals surface area contributed by atoms with Gasteiger partial charge >= 0.3 is 0 Å². The van der Waals surface area contributed by atoms with Crippen LogP contribution in [0, 0.1) is 17.8 Å². The molecule has 0 bridgehead atoms. The molecular formula is C12H12N2O2S. The van der Waals surface area contributed by atoms with Crippen molar-refractivity contribution in [2.45, 2.75) is 13.3 Å². The minimum absolute atomic E-state index is 0.0909. The van der Waals surface area contributed by atoms with Gasteiger partial charge in [0.05, 0.1) is 11.8 Å². The third kappa shape index (κ3) is 1.45. The van der Waals surface area contributed by atoms with E-state index in [1.165, 1.54) is 16.2 Å². The molecule has 3 rings (SSSR count). The Hall–Kier alpha value is -1.49. The van der Waals surface area contributed by atoms with Crippen molar-refractivity contribution < 1.29 is 9.59 Å². The topological polar surface area (TPSA) is 50.3 Å². The van der Waals surface area contributed by atoms with Crippen LogP contribution in [-0.2, 0) is 9.59 Å². The lowest BCUT2D eigenvalue weighted by atomic mass is 9.78. The zero-order valence-electron chi connectivity index (χ0n) is 9.37.